The molecule has 0 unspecified atom stereocenters. The molecule has 6 heteroatoms. The van der Waals surface area contributed by atoms with Crippen molar-refractivity contribution in [3.05, 3.63) is 53.1 Å². The maximum absolute atomic E-state index is 12.7. The van der Waals surface area contributed by atoms with Gasteiger partial charge in [-0.1, -0.05) is 6.08 Å². The number of benzene rings is 2. The van der Waals surface area contributed by atoms with Crippen LogP contribution in [-0.4, -0.2) is 37.8 Å². The van der Waals surface area contributed by atoms with Gasteiger partial charge in [0.2, 0.25) is 5.75 Å². The van der Waals surface area contributed by atoms with Crippen molar-refractivity contribution in [1.82, 2.24) is 0 Å². The Balaban J connectivity index is 1.91. The normalized spacial score (nSPS) is 14.2. The third-order valence-corrected chi connectivity index (χ3v) is 4.58. The van der Waals surface area contributed by atoms with Crippen LogP contribution in [0.15, 0.2) is 36.4 Å². The van der Waals surface area contributed by atoms with Crippen molar-refractivity contribution in [2.75, 3.05) is 21.3 Å². The number of ether oxygens (including phenoxy) is 4. The number of carbonyl (C=O) groups is 1. The SMILES string of the molecule is COc1cc(/C=C/C(=O)c2ccc3c(c2O)C=CC(C)(C)O3)cc(OC)c1OC. The zero-order valence-corrected chi connectivity index (χ0v) is 17.1. The molecule has 0 amide bonds. The molecule has 1 heterocycles. The Bertz CT molecular complexity index is 976. The second kappa shape index (κ2) is 7.91. The predicted molar refractivity (Wildman–Crippen MR) is 111 cm³/mol. The highest BCUT2D eigenvalue weighted by Crippen LogP contribution is 2.40. The highest BCUT2D eigenvalue weighted by Gasteiger charge is 2.25. The number of ketones is 1. The minimum absolute atomic E-state index is 0.103. The van der Waals surface area contributed by atoms with E-state index in [4.69, 9.17) is 18.9 Å². The van der Waals surface area contributed by atoms with E-state index >= 15 is 0 Å². The van der Waals surface area contributed by atoms with Crippen molar-refractivity contribution in [2.24, 2.45) is 0 Å². The number of allylic oxidation sites excluding steroid dienone is 1. The molecule has 0 aromatic heterocycles. The first-order chi connectivity index (χ1) is 13.8. The Hall–Kier alpha value is -3.41. The molecule has 0 saturated heterocycles. The van der Waals surface area contributed by atoms with Gasteiger partial charge in [0, 0.05) is 0 Å². The van der Waals surface area contributed by atoms with Crippen LogP contribution < -0.4 is 18.9 Å². The van der Waals surface area contributed by atoms with E-state index in [1.807, 2.05) is 19.9 Å². The minimum Gasteiger partial charge on any atom is -0.506 e. The highest BCUT2D eigenvalue weighted by atomic mass is 16.5. The maximum atomic E-state index is 12.7. The fraction of sp³-hybridized carbons (Fsp3) is 0.261. The van der Waals surface area contributed by atoms with Gasteiger partial charge in [-0.05, 0) is 61.9 Å². The molecule has 0 atom stereocenters. The van der Waals surface area contributed by atoms with E-state index in [2.05, 4.69) is 0 Å². The lowest BCUT2D eigenvalue weighted by Gasteiger charge is -2.28. The van der Waals surface area contributed by atoms with Crippen LogP contribution in [0.5, 0.6) is 28.7 Å². The molecule has 6 nitrogen and oxygen atoms in total. The van der Waals surface area contributed by atoms with Gasteiger partial charge in [-0.2, -0.15) is 0 Å². The first-order valence-corrected chi connectivity index (χ1v) is 9.06. The molecule has 0 saturated carbocycles. The summed E-state index contributed by atoms with van der Waals surface area (Å²) in [7, 11) is 4.58. The summed E-state index contributed by atoms with van der Waals surface area (Å²) < 4.78 is 21.8. The van der Waals surface area contributed by atoms with Crippen LogP contribution in [0, 0.1) is 0 Å². The number of fused-ring (bicyclic) bond motifs is 1. The van der Waals surface area contributed by atoms with Crippen LogP contribution in [0.25, 0.3) is 12.2 Å². The van der Waals surface area contributed by atoms with Gasteiger partial charge in [-0.25, -0.2) is 0 Å². The molecule has 0 spiro atoms. The van der Waals surface area contributed by atoms with E-state index in [1.165, 1.54) is 27.4 Å². The van der Waals surface area contributed by atoms with Crippen LogP contribution in [0.1, 0.15) is 35.3 Å². The van der Waals surface area contributed by atoms with Crippen molar-refractivity contribution in [3.63, 3.8) is 0 Å². The topological polar surface area (TPSA) is 74.2 Å². The number of carbonyl (C=O) groups excluding carboxylic acids is 1. The molecule has 0 aliphatic carbocycles. The van der Waals surface area contributed by atoms with E-state index in [1.54, 1.807) is 36.4 Å². The third-order valence-electron chi connectivity index (χ3n) is 4.58. The fourth-order valence-corrected chi connectivity index (χ4v) is 3.10. The van der Waals surface area contributed by atoms with Crippen LogP contribution in [0.3, 0.4) is 0 Å². The van der Waals surface area contributed by atoms with Gasteiger partial charge in [0.25, 0.3) is 0 Å². The van der Waals surface area contributed by atoms with Gasteiger partial charge in [0.1, 0.15) is 17.1 Å². The molecular formula is C23H24O6. The molecule has 1 aliphatic rings. The lowest BCUT2D eigenvalue weighted by atomic mass is 9.98. The molecule has 2 aromatic rings. The molecular weight excluding hydrogens is 372 g/mol. The summed E-state index contributed by atoms with van der Waals surface area (Å²) in [6.07, 6.45) is 6.63. The molecule has 0 bridgehead atoms. The van der Waals surface area contributed by atoms with Gasteiger partial charge in [-0.15, -0.1) is 0 Å². The predicted octanol–water partition coefficient (Wildman–Crippen LogP) is 4.50. The summed E-state index contributed by atoms with van der Waals surface area (Å²) in [6.45, 7) is 3.84. The number of hydrogen-bond acceptors (Lipinski definition) is 6. The summed E-state index contributed by atoms with van der Waals surface area (Å²) in [4.78, 5) is 12.7. The van der Waals surface area contributed by atoms with Crippen molar-refractivity contribution >= 4 is 17.9 Å². The van der Waals surface area contributed by atoms with Crippen LogP contribution in [-0.2, 0) is 0 Å². The van der Waals surface area contributed by atoms with Crippen LogP contribution in [0.4, 0.5) is 0 Å². The third kappa shape index (κ3) is 4.06. The van der Waals surface area contributed by atoms with Crippen LogP contribution >= 0.6 is 0 Å². The lowest BCUT2D eigenvalue weighted by Crippen LogP contribution is -2.27. The molecule has 1 aliphatic heterocycles. The number of rotatable bonds is 6. The van der Waals surface area contributed by atoms with Gasteiger partial charge >= 0.3 is 0 Å². The van der Waals surface area contributed by atoms with E-state index in [9.17, 15) is 9.90 Å². The van der Waals surface area contributed by atoms with E-state index in [-0.39, 0.29) is 17.1 Å². The number of phenolic OH excluding ortho intramolecular Hbond substituents is 1. The Morgan fingerprint density at radius 3 is 2.31 bits per heavy atom. The largest absolute Gasteiger partial charge is 0.506 e. The Morgan fingerprint density at radius 1 is 1.07 bits per heavy atom. The lowest BCUT2D eigenvalue weighted by molar-refractivity contribution is 0.104. The van der Waals surface area contributed by atoms with E-state index < -0.39 is 5.60 Å². The summed E-state index contributed by atoms with van der Waals surface area (Å²) >= 11 is 0. The van der Waals surface area contributed by atoms with Crippen LogP contribution in [0.2, 0.25) is 0 Å². The molecule has 152 valence electrons. The van der Waals surface area contributed by atoms with Gasteiger partial charge in [0.05, 0.1) is 32.5 Å². The summed E-state index contributed by atoms with van der Waals surface area (Å²) in [5.41, 5.74) is 0.921. The smallest absolute Gasteiger partial charge is 0.203 e. The molecule has 1 N–H and O–H groups in total. The Morgan fingerprint density at radius 2 is 1.72 bits per heavy atom. The average Bonchev–Trinajstić information content (AvgIpc) is 2.70. The maximum Gasteiger partial charge on any atom is 0.203 e. The molecule has 0 radical (unpaired) electrons. The number of methoxy groups -OCH3 is 3. The number of hydrogen-bond donors (Lipinski definition) is 1. The molecule has 0 fully saturated rings. The van der Waals surface area contributed by atoms with Crippen molar-refractivity contribution in [2.45, 2.75) is 19.4 Å². The standard InChI is InChI=1S/C23H24O6/c1-23(2)11-10-16-18(29-23)9-7-15(21(16)25)17(24)8-6-14-12-19(26-3)22(28-5)20(13-14)27-4/h6-13,25H,1-5H3/b8-6+. The number of aromatic hydroxyl groups is 1. The zero-order chi connectivity index (χ0) is 21.2. The Kier molecular flexibility index (Phi) is 5.55. The molecule has 2 aromatic carbocycles. The Labute approximate surface area is 170 Å². The van der Waals surface area contributed by atoms with Crippen molar-refractivity contribution in [3.8, 4) is 28.7 Å². The number of phenols is 1. The first-order valence-electron chi connectivity index (χ1n) is 9.06. The zero-order valence-electron chi connectivity index (χ0n) is 17.1. The summed E-state index contributed by atoms with van der Waals surface area (Å²) in [5.74, 6) is 1.55. The second-order valence-electron chi connectivity index (χ2n) is 7.07. The molecule has 29 heavy (non-hydrogen) atoms. The first kappa shape index (κ1) is 20.3. The quantitative estimate of drug-likeness (QED) is 0.573. The highest BCUT2D eigenvalue weighted by molar-refractivity contribution is 6.09. The second-order valence-corrected chi connectivity index (χ2v) is 7.07. The minimum atomic E-state index is -0.461. The average molecular weight is 396 g/mol. The molecule has 3 rings (SSSR count). The van der Waals surface area contributed by atoms with Gasteiger partial charge in [0.15, 0.2) is 17.3 Å². The van der Waals surface area contributed by atoms with Gasteiger partial charge in [-0.3, -0.25) is 4.79 Å². The summed E-state index contributed by atoms with van der Waals surface area (Å²) in [5, 5.41) is 10.6. The fourth-order valence-electron chi connectivity index (χ4n) is 3.10. The van der Waals surface area contributed by atoms with E-state index in [0.717, 1.165) is 0 Å². The van der Waals surface area contributed by atoms with Gasteiger partial charge < -0.3 is 24.1 Å². The monoisotopic (exact) mass is 396 g/mol. The van der Waals surface area contributed by atoms with Crippen molar-refractivity contribution in [1.29, 1.82) is 0 Å². The summed E-state index contributed by atoms with van der Waals surface area (Å²) in [6, 6.07) is 6.72. The van der Waals surface area contributed by atoms with E-state index in [0.29, 0.717) is 34.1 Å². The van der Waals surface area contributed by atoms with Crippen molar-refractivity contribution < 1.29 is 28.8 Å².